The van der Waals surface area contributed by atoms with Gasteiger partial charge in [0.05, 0.1) is 0 Å². The van der Waals surface area contributed by atoms with Crippen molar-refractivity contribution >= 4 is 5.78 Å². The van der Waals surface area contributed by atoms with E-state index in [1.807, 2.05) is 43.3 Å². The number of rotatable bonds is 3. The fourth-order valence-electron chi connectivity index (χ4n) is 3.21. The maximum Gasteiger partial charge on any atom is 0.188 e. The van der Waals surface area contributed by atoms with E-state index < -0.39 is 0 Å². The summed E-state index contributed by atoms with van der Waals surface area (Å²) in [6, 6.07) is 14.1. The van der Waals surface area contributed by atoms with Gasteiger partial charge in [-0.2, -0.15) is 0 Å². The van der Waals surface area contributed by atoms with Crippen molar-refractivity contribution in [2.45, 2.75) is 26.4 Å². The summed E-state index contributed by atoms with van der Waals surface area (Å²) in [4.78, 5) is 12.2. The molecule has 0 saturated heterocycles. The number of ether oxygens (including phenoxy) is 2. The van der Waals surface area contributed by atoms with Crippen LogP contribution in [0.2, 0.25) is 0 Å². The summed E-state index contributed by atoms with van der Waals surface area (Å²) in [6.45, 7) is 6.34. The van der Waals surface area contributed by atoms with Crippen LogP contribution in [-0.4, -0.2) is 5.78 Å². The number of fused-ring (bicyclic) bond motifs is 1. The number of hydrogen-bond donors (Lipinski definition) is 0. The van der Waals surface area contributed by atoms with E-state index in [1.54, 1.807) is 0 Å². The molecule has 3 nitrogen and oxygen atoms in total. The number of carbonyl (C=O) groups is 1. The van der Waals surface area contributed by atoms with E-state index in [0.717, 1.165) is 39.5 Å². The van der Waals surface area contributed by atoms with Crippen LogP contribution in [0.3, 0.4) is 0 Å². The summed E-state index contributed by atoms with van der Waals surface area (Å²) in [5.41, 5.74) is 4.55. The van der Waals surface area contributed by atoms with Crippen LogP contribution in [-0.2, 0) is 17.8 Å². The van der Waals surface area contributed by atoms with Gasteiger partial charge in [-0.15, -0.1) is 0 Å². The van der Waals surface area contributed by atoms with Crippen LogP contribution in [0.25, 0.3) is 0 Å². The first-order valence-corrected chi connectivity index (χ1v) is 8.04. The Labute approximate surface area is 141 Å². The van der Waals surface area contributed by atoms with Gasteiger partial charge in [0.25, 0.3) is 0 Å². The zero-order valence-electron chi connectivity index (χ0n) is 13.6. The molecule has 0 aromatic heterocycles. The third-order valence-corrected chi connectivity index (χ3v) is 4.41. The molecule has 0 N–H and O–H groups in total. The van der Waals surface area contributed by atoms with Crippen molar-refractivity contribution in [2.24, 2.45) is 0 Å². The first kappa shape index (κ1) is 14.8. The minimum absolute atomic E-state index is 0.0314. The molecule has 3 heteroatoms. The molecule has 4 rings (SSSR count). The molecule has 0 radical (unpaired) electrons. The van der Waals surface area contributed by atoms with Gasteiger partial charge in [0, 0.05) is 29.6 Å². The maximum absolute atomic E-state index is 12.2. The van der Waals surface area contributed by atoms with E-state index in [0.29, 0.717) is 25.0 Å². The third-order valence-electron chi connectivity index (χ3n) is 4.41. The summed E-state index contributed by atoms with van der Waals surface area (Å²) in [6.07, 6.45) is 1.09. The lowest BCUT2D eigenvalue weighted by Gasteiger charge is -2.22. The Kier molecular flexibility index (Phi) is 3.49. The van der Waals surface area contributed by atoms with Crippen LogP contribution in [0.1, 0.15) is 23.1 Å². The maximum atomic E-state index is 12.2. The van der Waals surface area contributed by atoms with Crippen molar-refractivity contribution in [3.8, 4) is 11.5 Å². The van der Waals surface area contributed by atoms with Gasteiger partial charge in [0.15, 0.2) is 17.3 Å². The molecular weight excluding hydrogens is 300 g/mol. The second kappa shape index (κ2) is 5.68. The number of Topliss-reactive ketones (excluding diaryl/α,β-unsaturated/α-hetero) is 1. The van der Waals surface area contributed by atoms with Gasteiger partial charge in [-0.3, -0.25) is 4.79 Å². The van der Waals surface area contributed by atoms with Crippen LogP contribution >= 0.6 is 0 Å². The summed E-state index contributed by atoms with van der Waals surface area (Å²) >= 11 is 0. The quantitative estimate of drug-likeness (QED) is 0.792. The average Bonchev–Trinajstić information content (AvgIpc) is 2.86. The number of hydrogen-bond acceptors (Lipinski definition) is 3. The molecule has 0 saturated carbocycles. The molecule has 24 heavy (non-hydrogen) atoms. The lowest BCUT2D eigenvalue weighted by atomic mass is 9.98. The van der Waals surface area contributed by atoms with Gasteiger partial charge in [-0.1, -0.05) is 43.0 Å². The van der Waals surface area contributed by atoms with E-state index in [2.05, 4.69) is 12.6 Å². The van der Waals surface area contributed by atoms with Crippen molar-refractivity contribution in [2.75, 3.05) is 0 Å². The number of allylic oxidation sites excluding steroid dienone is 2. The lowest BCUT2D eigenvalue weighted by Crippen LogP contribution is -2.12. The minimum atomic E-state index is 0.0314. The van der Waals surface area contributed by atoms with Gasteiger partial charge in [0.1, 0.15) is 12.4 Å². The second-order valence-corrected chi connectivity index (χ2v) is 6.32. The predicted molar refractivity (Wildman–Crippen MR) is 92.1 cm³/mol. The molecule has 0 amide bonds. The highest BCUT2D eigenvalue weighted by Gasteiger charge is 2.33. The highest BCUT2D eigenvalue weighted by molar-refractivity contribution is 6.11. The first-order valence-electron chi connectivity index (χ1n) is 8.04. The third kappa shape index (κ3) is 2.52. The zero-order valence-corrected chi connectivity index (χ0v) is 13.6. The smallest absolute Gasteiger partial charge is 0.188 e. The number of carbonyl (C=O) groups excluding carboxylic acids is 1. The Morgan fingerprint density at radius 3 is 2.75 bits per heavy atom. The molecule has 1 aliphatic carbocycles. The summed E-state index contributed by atoms with van der Waals surface area (Å²) in [5.74, 6) is 2.22. The number of aryl methyl sites for hydroxylation is 1. The molecule has 0 fully saturated rings. The lowest BCUT2D eigenvalue weighted by molar-refractivity contribution is -0.112. The van der Waals surface area contributed by atoms with E-state index >= 15 is 0 Å². The Hall–Kier alpha value is -2.81. The van der Waals surface area contributed by atoms with E-state index in [9.17, 15) is 4.79 Å². The van der Waals surface area contributed by atoms with E-state index in [4.69, 9.17) is 9.47 Å². The molecule has 0 bridgehead atoms. The highest BCUT2D eigenvalue weighted by atomic mass is 16.5. The Balaban J connectivity index is 1.64. The standard InChI is InChI=1S/C21H18O3/c1-13-8-16-11-17-18(10-14(2)20(17)22)24-21(16)19(9-13)23-12-15-6-4-3-5-7-15/h3-9H,2,10-12H2,1H3. The molecule has 0 atom stereocenters. The molecular formula is C21H18O3. The number of ketones is 1. The van der Waals surface area contributed by atoms with Gasteiger partial charge < -0.3 is 9.47 Å². The summed E-state index contributed by atoms with van der Waals surface area (Å²) < 4.78 is 12.1. The Morgan fingerprint density at radius 2 is 1.96 bits per heavy atom. The highest BCUT2D eigenvalue weighted by Crippen LogP contribution is 2.43. The van der Waals surface area contributed by atoms with Crippen molar-refractivity contribution < 1.29 is 14.3 Å². The summed E-state index contributed by atoms with van der Waals surface area (Å²) in [5, 5.41) is 0. The molecule has 2 aromatic rings. The minimum Gasteiger partial charge on any atom is -0.485 e. The zero-order chi connectivity index (χ0) is 16.7. The molecule has 0 spiro atoms. The van der Waals surface area contributed by atoms with Crippen molar-refractivity contribution in [1.82, 2.24) is 0 Å². The van der Waals surface area contributed by atoms with Gasteiger partial charge >= 0.3 is 0 Å². The van der Waals surface area contributed by atoms with Crippen LogP contribution < -0.4 is 9.47 Å². The van der Waals surface area contributed by atoms with Crippen LogP contribution in [0.15, 0.2) is 65.9 Å². The van der Waals surface area contributed by atoms with Crippen LogP contribution in [0.5, 0.6) is 11.5 Å². The molecule has 1 aliphatic heterocycles. The fourth-order valence-corrected chi connectivity index (χ4v) is 3.21. The van der Waals surface area contributed by atoms with Crippen molar-refractivity contribution in [3.63, 3.8) is 0 Å². The van der Waals surface area contributed by atoms with E-state index in [-0.39, 0.29) is 5.78 Å². The van der Waals surface area contributed by atoms with Gasteiger partial charge in [-0.05, 0) is 24.1 Å². The van der Waals surface area contributed by atoms with Gasteiger partial charge in [0.2, 0.25) is 0 Å². The molecule has 120 valence electrons. The monoisotopic (exact) mass is 318 g/mol. The van der Waals surface area contributed by atoms with Crippen LogP contribution in [0, 0.1) is 6.92 Å². The second-order valence-electron chi connectivity index (χ2n) is 6.32. The van der Waals surface area contributed by atoms with E-state index in [1.165, 1.54) is 0 Å². The Bertz CT molecular complexity index is 875. The van der Waals surface area contributed by atoms with Crippen molar-refractivity contribution in [1.29, 1.82) is 0 Å². The van der Waals surface area contributed by atoms with Crippen molar-refractivity contribution in [3.05, 3.63) is 82.6 Å². The normalized spacial score (nSPS) is 15.9. The predicted octanol–water partition coefficient (Wildman–Crippen LogP) is 4.29. The van der Waals surface area contributed by atoms with Crippen LogP contribution in [0.4, 0.5) is 0 Å². The topological polar surface area (TPSA) is 35.5 Å². The average molecular weight is 318 g/mol. The molecule has 2 aliphatic rings. The Morgan fingerprint density at radius 1 is 1.17 bits per heavy atom. The molecule has 2 aromatic carbocycles. The fraction of sp³-hybridized carbons (Fsp3) is 0.190. The molecule has 1 heterocycles. The molecule has 0 unspecified atom stereocenters. The first-order chi connectivity index (χ1) is 11.6. The summed E-state index contributed by atoms with van der Waals surface area (Å²) in [7, 11) is 0. The largest absolute Gasteiger partial charge is 0.485 e. The van der Waals surface area contributed by atoms with Gasteiger partial charge in [-0.25, -0.2) is 0 Å². The number of benzene rings is 2. The SMILES string of the molecule is C=C1CC2=C(Cc3cc(C)cc(OCc4ccccc4)c3O2)C1=O.